The Morgan fingerprint density at radius 2 is 1.96 bits per heavy atom. The highest BCUT2D eigenvalue weighted by Crippen LogP contribution is 2.32. The Hall–Kier alpha value is -3.03. The lowest BCUT2D eigenvalue weighted by Gasteiger charge is -2.33. The number of benzene rings is 1. The minimum atomic E-state index is -0.386. The molecule has 1 unspecified atom stereocenters. The predicted octanol–water partition coefficient (Wildman–Crippen LogP) is 0.257. The van der Waals surface area contributed by atoms with Crippen LogP contribution in [-0.2, 0) is 27.1 Å². The summed E-state index contributed by atoms with van der Waals surface area (Å²) in [5.74, 6) is 0. The lowest BCUT2D eigenvalue weighted by Crippen LogP contribution is -2.45. The number of ether oxygens (including phenoxy) is 1. The molecule has 2 aromatic heterocycles. The molecule has 2 aliphatic heterocycles. The smallest absolute Gasteiger partial charge is 0.332 e. The van der Waals surface area contributed by atoms with Crippen molar-refractivity contribution >= 4 is 16.9 Å². The molecule has 1 aromatic carbocycles. The van der Waals surface area contributed by atoms with Gasteiger partial charge in [-0.05, 0) is 18.1 Å². The average molecular weight is 353 g/mol. The second kappa shape index (κ2) is 5.23. The largest absolute Gasteiger partial charge is 0.462 e. The van der Waals surface area contributed by atoms with Crippen molar-refractivity contribution in [3.05, 3.63) is 50.7 Å². The molecule has 134 valence electrons. The summed E-state index contributed by atoms with van der Waals surface area (Å²) in [6.45, 7) is 2.05. The standard InChI is InChI=1S/C18H19N5O3/c1-20-15-14(16(24)21(2)18(20)25)23-9-12(10-26-17(23)19-15)22-8-7-11-5-3-4-6-13(11)22/h3-6,12H,7-10H2,1-2H3. The lowest BCUT2D eigenvalue weighted by atomic mass is 10.1. The zero-order valence-corrected chi connectivity index (χ0v) is 14.7. The number of hydrogen-bond acceptors (Lipinski definition) is 5. The molecule has 4 heterocycles. The summed E-state index contributed by atoms with van der Waals surface area (Å²) in [5.41, 5.74) is 2.63. The number of rotatable bonds is 1. The Morgan fingerprint density at radius 3 is 2.81 bits per heavy atom. The minimum absolute atomic E-state index is 0.116. The zero-order chi connectivity index (χ0) is 18.0. The number of anilines is 1. The highest BCUT2D eigenvalue weighted by Gasteiger charge is 2.32. The Balaban J connectivity index is 1.62. The Bertz CT molecular complexity index is 1160. The summed E-state index contributed by atoms with van der Waals surface area (Å²) >= 11 is 0. The number of para-hydroxylation sites is 1. The van der Waals surface area contributed by atoms with Crippen molar-refractivity contribution in [2.75, 3.05) is 18.1 Å². The van der Waals surface area contributed by atoms with E-state index in [2.05, 4.69) is 28.1 Å². The van der Waals surface area contributed by atoms with Gasteiger partial charge in [-0.25, -0.2) is 4.79 Å². The van der Waals surface area contributed by atoms with E-state index >= 15 is 0 Å². The van der Waals surface area contributed by atoms with E-state index in [1.807, 2.05) is 10.6 Å². The quantitative estimate of drug-likeness (QED) is 0.627. The van der Waals surface area contributed by atoms with Gasteiger partial charge < -0.3 is 9.64 Å². The van der Waals surface area contributed by atoms with Crippen LogP contribution in [0.4, 0.5) is 5.69 Å². The van der Waals surface area contributed by atoms with Crippen LogP contribution in [0.3, 0.4) is 0 Å². The van der Waals surface area contributed by atoms with Gasteiger partial charge in [0.15, 0.2) is 11.2 Å². The molecule has 0 fully saturated rings. The zero-order valence-electron chi connectivity index (χ0n) is 14.7. The Labute approximate surface area is 148 Å². The van der Waals surface area contributed by atoms with Gasteiger partial charge >= 0.3 is 5.69 Å². The van der Waals surface area contributed by atoms with E-state index in [4.69, 9.17) is 4.74 Å². The second-order valence-electron chi connectivity index (χ2n) is 6.92. The number of hydrogen-bond donors (Lipinski definition) is 0. The van der Waals surface area contributed by atoms with Crippen molar-refractivity contribution in [1.29, 1.82) is 0 Å². The Kier molecular flexibility index (Phi) is 3.07. The van der Waals surface area contributed by atoms with Crippen LogP contribution in [0, 0.1) is 0 Å². The molecular formula is C18H19N5O3. The maximum Gasteiger partial charge on any atom is 0.332 e. The van der Waals surface area contributed by atoms with Crippen molar-refractivity contribution in [3.63, 3.8) is 0 Å². The monoisotopic (exact) mass is 353 g/mol. The van der Waals surface area contributed by atoms with Gasteiger partial charge in [0.2, 0.25) is 0 Å². The van der Waals surface area contributed by atoms with E-state index in [1.54, 1.807) is 7.05 Å². The van der Waals surface area contributed by atoms with Gasteiger partial charge in [-0.1, -0.05) is 18.2 Å². The summed E-state index contributed by atoms with van der Waals surface area (Å²) in [7, 11) is 3.11. The van der Waals surface area contributed by atoms with E-state index in [0.717, 1.165) is 17.5 Å². The van der Waals surface area contributed by atoms with Crippen LogP contribution in [0.2, 0.25) is 0 Å². The second-order valence-corrected chi connectivity index (χ2v) is 6.92. The normalized spacial score (nSPS) is 18.7. The first-order valence-electron chi connectivity index (χ1n) is 8.70. The van der Waals surface area contributed by atoms with Gasteiger partial charge in [0, 0.05) is 26.3 Å². The minimum Gasteiger partial charge on any atom is -0.462 e. The molecule has 2 aliphatic rings. The predicted molar refractivity (Wildman–Crippen MR) is 97.0 cm³/mol. The highest BCUT2D eigenvalue weighted by molar-refractivity contribution is 5.72. The third kappa shape index (κ3) is 1.92. The lowest BCUT2D eigenvalue weighted by molar-refractivity contribution is 0.204. The molecule has 5 rings (SSSR count). The van der Waals surface area contributed by atoms with Crippen LogP contribution in [0.15, 0.2) is 33.9 Å². The van der Waals surface area contributed by atoms with Crippen molar-refractivity contribution < 1.29 is 4.74 Å². The molecule has 0 bridgehead atoms. The summed E-state index contributed by atoms with van der Waals surface area (Å²) in [4.78, 5) is 31.6. The van der Waals surface area contributed by atoms with Crippen molar-refractivity contribution in [2.24, 2.45) is 14.1 Å². The number of nitrogens with zero attached hydrogens (tertiary/aromatic N) is 5. The Morgan fingerprint density at radius 1 is 1.15 bits per heavy atom. The molecule has 8 heteroatoms. The van der Waals surface area contributed by atoms with Crippen molar-refractivity contribution in [1.82, 2.24) is 18.7 Å². The van der Waals surface area contributed by atoms with Gasteiger partial charge in [-0.3, -0.25) is 18.5 Å². The molecule has 0 saturated carbocycles. The molecule has 3 aromatic rings. The van der Waals surface area contributed by atoms with Crippen LogP contribution >= 0.6 is 0 Å². The van der Waals surface area contributed by atoms with Crippen LogP contribution in [0.25, 0.3) is 11.2 Å². The van der Waals surface area contributed by atoms with Gasteiger partial charge in [-0.2, -0.15) is 4.98 Å². The number of aryl methyl sites for hydroxylation is 1. The third-order valence-electron chi connectivity index (χ3n) is 5.47. The molecule has 8 nitrogen and oxygen atoms in total. The van der Waals surface area contributed by atoms with Crippen LogP contribution < -0.4 is 20.9 Å². The molecule has 0 spiro atoms. The van der Waals surface area contributed by atoms with E-state index in [0.29, 0.717) is 30.3 Å². The fourth-order valence-electron chi connectivity index (χ4n) is 4.07. The fraction of sp³-hybridized carbons (Fsp3) is 0.389. The summed E-state index contributed by atoms with van der Waals surface area (Å²) in [6.07, 6.45) is 1.01. The first-order chi connectivity index (χ1) is 12.6. The van der Waals surface area contributed by atoms with E-state index in [-0.39, 0.29) is 17.3 Å². The summed E-state index contributed by atoms with van der Waals surface area (Å²) < 4.78 is 10.2. The van der Waals surface area contributed by atoms with Gasteiger partial charge in [0.25, 0.3) is 11.6 Å². The average Bonchev–Trinajstić information content (AvgIpc) is 3.25. The maximum absolute atomic E-state index is 12.7. The topological polar surface area (TPSA) is 74.3 Å². The van der Waals surface area contributed by atoms with Crippen LogP contribution in [0.1, 0.15) is 5.56 Å². The molecule has 1 atom stereocenters. The van der Waals surface area contributed by atoms with Crippen LogP contribution in [0.5, 0.6) is 6.01 Å². The van der Waals surface area contributed by atoms with Crippen molar-refractivity contribution in [2.45, 2.75) is 19.0 Å². The molecule has 26 heavy (non-hydrogen) atoms. The summed E-state index contributed by atoms with van der Waals surface area (Å²) in [6, 6.07) is 8.91. The number of aromatic nitrogens is 4. The molecule has 0 N–H and O–H groups in total. The number of fused-ring (bicyclic) bond motifs is 4. The first kappa shape index (κ1) is 15.2. The maximum atomic E-state index is 12.7. The molecule has 0 aliphatic carbocycles. The molecule has 0 radical (unpaired) electrons. The van der Waals surface area contributed by atoms with Gasteiger partial charge in [-0.15, -0.1) is 0 Å². The number of imidazole rings is 1. The van der Waals surface area contributed by atoms with E-state index in [1.165, 1.54) is 22.9 Å². The van der Waals surface area contributed by atoms with Crippen molar-refractivity contribution in [3.8, 4) is 6.01 Å². The SMILES string of the molecule is Cn1c(=O)c2c(nc3n2CC(N2CCc4ccccc42)CO3)n(C)c1=O. The van der Waals surface area contributed by atoms with Gasteiger partial charge in [0.1, 0.15) is 6.61 Å². The molecular weight excluding hydrogens is 334 g/mol. The highest BCUT2D eigenvalue weighted by atomic mass is 16.5. The first-order valence-corrected chi connectivity index (χ1v) is 8.70. The van der Waals surface area contributed by atoms with Gasteiger partial charge in [0.05, 0.1) is 12.6 Å². The molecule has 0 saturated heterocycles. The fourth-order valence-corrected chi connectivity index (χ4v) is 4.07. The molecule has 0 amide bonds. The van der Waals surface area contributed by atoms with E-state index in [9.17, 15) is 9.59 Å². The third-order valence-corrected chi connectivity index (χ3v) is 5.47. The van der Waals surface area contributed by atoms with E-state index < -0.39 is 0 Å². The summed E-state index contributed by atoms with van der Waals surface area (Å²) in [5, 5.41) is 0. The van der Waals surface area contributed by atoms with Crippen LogP contribution in [-0.4, -0.2) is 37.9 Å².